The van der Waals surface area contributed by atoms with Gasteiger partial charge in [0.25, 0.3) is 0 Å². The van der Waals surface area contributed by atoms with Gasteiger partial charge in [0.1, 0.15) is 17.6 Å². The van der Waals surface area contributed by atoms with Gasteiger partial charge in [-0.25, -0.2) is 0 Å². The van der Waals surface area contributed by atoms with Crippen LogP contribution in [0.3, 0.4) is 0 Å². The number of methoxy groups -OCH3 is 1. The fraction of sp³-hybridized carbons (Fsp3) is 0.360. The fourth-order valence-corrected chi connectivity index (χ4v) is 4.01. The maximum Gasteiger partial charge on any atom is 0.222 e. The minimum atomic E-state index is 0.164. The minimum Gasteiger partial charge on any atom is -0.496 e. The van der Waals surface area contributed by atoms with Crippen LogP contribution in [0.25, 0.3) is 22.0 Å². The smallest absolute Gasteiger partial charge is 0.222 e. The van der Waals surface area contributed by atoms with Crippen molar-refractivity contribution in [2.24, 2.45) is 0 Å². The molecule has 0 unspecified atom stereocenters. The Hall–Kier alpha value is -3.08. The second kappa shape index (κ2) is 8.74. The van der Waals surface area contributed by atoms with Crippen molar-refractivity contribution in [1.82, 2.24) is 9.88 Å². The van der Waals surface area contributed by atoms with Gasteiger partial charge in [0.2, 0.25) is 5.91 Å². The van der Waals surface area contributed by atoms with E-state index in [-0.39, 0.29) is 12.0 Å². The number of hydrogen-bond donors (Lipinski definition) is 0. The first-order valence-corrected chi connectivity index (χ1v) is 10.6. The Morgan fingerprint density at radius 2 is 1.83 bits per heavy atom. The van der Waals surface area contributed by atoms with Gasteiger partial charge in [-0.3, -0.25) is 9.78 Å². The number of pyridine rings is 1. The van der Waals surface area contributed by atoms with Crippen LogP contribution >= 0.6 is 0 Å². The first-order chi connectivity index (χ1) is 14.6. The van der Waals surface area contributed by atoms with E-state index < -0.39 is 0 Å². The van der Waals surface area contributed by atoms with E-state index in [0.29, 0.717) is 6.42 Å². The number of ether oxygens (including phenoxy) is 2. The van der Waals surface area contributed by atoms with E-state index in [9.17, 15) is 4.79 Å². The summed E-state index contributed by atoms with van der Waals surface area (Å²) in [5.41, 5.74) is 4.20. The third kappa shape index (κ3) is 4.25. The van der Waals surface area contributed by atoms with E-state index in [4.69, 9.17) is 9.47 Å². The number of nitrogens with zero attached hydrogens (tertiary/aromatic N) is 2. The topological polar surface area (TPSA) is 51.7 Å². The normalized spacial score (nSPS) is 14.7. The second-order valence-corrected chi connectivity index (χ2v) is 7.81. The number of amides is 1. The summed E-state index contributed by atoms with van der Waals surface area (Å²) in [5, 5.41) is 1.10. The zero-order valence-electron chi connectivity index (χ0n) is 17.9. The number of likely N-dealkylation sites (tertiary alicyclic amines) is 1. The molecule has 1 amide bonds. The molecule has 3 aromatic rings. The van der Waals surface area contributed by atoms with Crippen molar-refractivity contribution in [3.63, 3.8) is 0 Å². The maximum atomic E-state index is 11.8. The third-order valence-corrected chi connectivity index (χ3v) is 5.79. The van der Waals surface area contributed by atoms with Gasteiger partial charge < -0.3 is 14.4 Å². The Bertz CT molecular complexity index is 1040. The lowest BCUT2D eigenvalue weighted by molar-refractivity contribution is -0.132. The lowest BCUT2D eigenvalue weighted by Crippen LogP contribution is -2.41. The van der Waals surface area contributed by atoms with Gasteiger partial charge in [-0.05, 0) is 42.3 Å². The van der Waals surface area contributed by atoms with Crippen LogP contribution in [0.1, 0.15) is 31.7 Å². The average molecular weight is 405 g/mol. The van der Waals surface area contributed by atoms with Crippen molar-refractivity contribution < 1.29 is 14.3 Å². The van der Waals surface area contributed by atoms with E-state index in [1.807, 2.05) is 43.1 Å². The first-order valence-electron chi connectivity index (χ1n) is 10.6. The fourth-order valence-electron chi connectivity index (χ4n) is 4.01. The van der Waals surface area contributed by atoms with Crippen LogP contribution in [-0.4, -0.2) is 42.1 Å². The SMILES string of the molecule is CCC(=O)N1CCC(Oc2ccc(-c3cnc4cc(OC)c(C)cc4c3)cc2)CC1. The third-order valence-electron chi connectivity index (χ3n) is 5.79. The Kier molecular flexibility index (Phi) is 5.88. The molecule has 1 aliphatic rings. The highest BCUT2D eigenvalue weighted by Crippen LogP contribution is 2.29. The molecule has 1 fully saturated rings. The van der Waals surface area contributed by atoms with Gasteiger partial charge in [-0.2, -0.15) is 0 Å². The van der Waals surface area contributed by atoms with Gasteiger partial charge in [0.15, 0.2) is 0 Å². The average Bonchev–Trinajstić information content (AvgIpc) is 2.78. The number of benzene rings is 2. The van der Waals surface area contributed by atoms with Crippen LogP contribution in [0.15, 0.2) is 48.7 Å². The van der Waals surface area contributed by atoms with E-state index in [2.05, 4.69) is 29.2 Å². The predicted octanol–water partition coefficient (Wildman–Crippen LogP) is 5.00. The number of carbonyl (C=O) groups excluding carboxylic acids is 1. The summed E-state index contributed by atoms with van der Waals surface area (Å²) < 4.78 is 11.5. The number of hydrogen-bond acceptors (Lipinski definition) is 4. The highest BCUT2D eigenvalue weighted by atomic mass is 16.5. The van der Waals surface area contributed by atoms with Gasteiger partial charge in [-0.1, -0.05) is 19.1 Å². The van der Waals surface area contributed by atoms with Crippen molar-refractivity contribution in [2.75, 3.05) is 20.2 Å². The summed E-state index contributed by atoms with van der Waals surface area (Å²) in [6, 6.07) is 14.4. The lowest BCUT2D eigenvalue weighted by atomic mass is 10.0. The minimum absolute atomic E-state index is 0.164. The number of aryl methyl sites for hydroxylation is 1. The van der Waals surface area contributed by atoms with Crippen molar-refractivity contribution in [2.45, 2.75) is 39.2 Å². The molecule has 2 aromatic carbocycles. The maximum absolute atomic E-state index is 11.8. The quantitative estimate of drug-likeness (QED) is 0.601. The molecule has 0 N–H and O–H groups in total. The van der Waals surface area contributed by atoms with Crippen molar-refractivity contribution in [1.29, 1.82) is 0 Å². The summed E-state index contributed by atoms with van der Waals surface area (Å²) in [6.07, 6.45) is 4.39. The molecule has 156 valence electrons. The highest BCUT2D eigenvalue weighted by molar-refractivity contribution is 5.85. The molecular weight excluding hydrogens is 376 g/mol. The van der Waals surface area contributed by atoms with E-state index in [1.165, 1.54) is 0 Å². The summed E-state index contributed by atoms with van der Waals surface area (Å²) in [4.78, 5) is 18.4. The molecule has 30 heavy (non-hydrogen) atoms. The van der Waals surface area contributed by atoms with Gasteiger partial charge >= 0.3 is 0 Å². The molecule has 4 rings (SSSR count). The molecule has 5 heteroatoms. The van der Waals surface area contributed by atoms with Gasteiger partial charge in [0, 0.05) is 55.6 Å². The van der Waals surface area contributed by atoms with Crippen LogP contribution in [0.4, 0.5) is 0 Å². The molecule has 0 radical (unpaired) electrons. The van der Waals surface area contributed by atoms with Crippen LogP contribution in [0.2, 0.25) is 0 Å². The molecular formula is C25H28N2O3. The number of piperidine rings is 1. The number of carbonyl (C=O) groups is 1. The van der Waals surface area contributed by atoms with Crippen LogP contribution < -0.4 is 9.47 Å². The zero-order chi connectivity index (χ0) is 21.1. The van der Waals surface area contributed by atoms with Gasteiger partial charge in [-0.15, -0.1) is 0 Å². The standard InChI is InChI=1S/C25H28N2O3/c1-4-25(28)27-11-9-22(10-12-27)30-21-7-5-18(6-8-21)20-14-19-13-17(2)24(29-3)15-23(19)26-16-20/h5-8,13-16,22H,4,9-12H2,1-3H3. The van der Waals surface area contributed by atoms with Crippen molar-refractivity contribution in [3.05, 3.63) is 54.2 Å². The first kappa shape index (κ1) is 20.2. The predicted molar refractivity (Wildman–Crippen MR) is 119 cm³/mol. The van der Waals surface area contributed by atoms with Crippen molar-refractivity contribution >= 4 is 16.8 Å². The van der Waals surface area contributed by atoms with Crippen LogP contribution in [0.5, 0.6) is 11.5 Å². The molecule has 1 aliphatic heterocycles. The van der Waals surface area contributed by atoms with E-state index in [1.54, 1.807) is 7.11 Å². The van der Waals surface area contributed by atoms with Crippen molar-refractivity contribution in [3.8, 4) is 22.6 Å². The zero-order valence-corrected chi connectivity index (χ0v) is 17.9. The lowest BCUT2D eigenvalue weighted by Gasteiger charge is -2.32. The molecule has 1 aromatic heterocycles. The number of aromatic nitrogens is 1. The number of rotatable bonds is 5. The second-order valence-electron chi connectivity index (χ2n) is 7.81. The Balaban J connectivity index is 1.44. The van der Waals surface area contributed by atoms with Gasteiger partial charge in [0.05, 0.1) is 12.6 Å². The molecule has 5 nitrogen and oxygen atoms in total. The molecule has 0 atom stereocenters. The summed E-state index contributed by atoms with van der Waals surface area (Å²) >= 11 is 0. The Morgan fingerprint density at radius 1 is 1.10 bits per heavy atom. The number of fused-ring (bicyclic) bond motifs is 1. The molecule has 1 saturated heterocycles. The largest absolute Gasteiger partial charge is 0.496 e. The summed E-state index contributed by atoms with van der Waals surface area (Å²) in [5.74, 6) is 1.96. The van der Waals surface area contributed by atoms with E-state index >= 15 is 0 Å². The molecule has 0 aliphatic carbocycles. The Morgan fingerprint density at radius 3 is 2.50 bits per heavy atom. The van der Waals surface area contributed by atoms with Crippen LogP contribution in [-0.2, 0) is 4.79 Å². The summed E-state index contributed by atoms with van der Waals surface area (Å²) in [6.45, 7) is 5.51. The molecule has 0 bridgehead atoms. The molecule has 0 spiro atoms. The highest BCUT2D eigenvalue weighted by Gasteiger charge is 2.22. The monoisotopic (exact) mass is 404 g/mol. The molecule has 0 saturated carbocycles. The van der Waals surface area contributed by atoms with Crippen LogP contribution in [0, 0.1) is 6.92 Å². The molecule has 2 heterocycles. The Labute approximate surface area is 177 Å². The van der Waals surface area contributed by atoms with E-state index in [0.717, 1.165) is 65.0 Å². The summed E-state index contributed by atoms with van der Waals surface area (Å²) in [7, 11) is 1.68.